The molecule has 0 unspecified atom stereocenters. The smallest absolute Gasteiger partial charge is 0.0726 e. The summed E-state index contributed by atoms with van der Waals surface area (Å²) in [5.74, 6) is 0. The molecule has 646 valence electrons. The van der Waals surface area contributed by atoms with Crippen molar-refractivity contribution in [3.8, 4) is 134 Å². The van der Waals surface area contributed by atoms with Gasteiger partial charge in [-0.1, -0.05) is 384 Å². The lowest BCUT2D eigenvalue weighted by Gasteiger charge is -2.32. The standard InChI is InChI=1S/C134H90N4/c1-133(2)126-84-100(62-77-116(126)117-78-75-107(85-127(117)133)135(101-28-10-5-11-29-101)102-65-52-93(53-66-102)89-44-48-95(49-45-89)98-63-80-131-121(82-98)119-33-15-20-42-129(119)137(131)105-69-56-91(57-70-105)87-24-6-3-7-25-87)110-36-23-37-111-109(35-22-38-112(110)111)97-60-73-104(74-61-97)136(108-76-79-118-115-32-14-19-41-125(115)134(128(118)86-108)123-39-17-12-30-113(123)114-31-13-18-40-124(114)134)103-67-54-94(55-68-103)90-46-50-96(51-47-90)99-64-81-132-122(83-99)120-34-16-21-43-130(120)138(132)106-71-58-92(59-72-106)88-26-8-4-9-27-88/h3-86H,1-2H3. The maximum Gasteiger partial charge on any atom is 0.0726 e. The van der Waals surface area contributed by atoms with Crippen molar-refractivity contribution >= 4 is 88.5 Å². The number of fused-ring (bicyclic) bond motifs is 20. The molecule has 1 spiro atoms. The van der Waals surface area contributed by atoms with Gasteiger partial charge in [-0.2, -0.15) is 0 Å². The largest absolute Gasteiger partial charge is 0.310 e. The highest BCUT2D eigenvalue weighted by atomic mass is 15.1. The van der Waals surface area contributed by atoms with Crippen LogP contribution in [0.1, 0.15) is 47.2 Å². The van der Waals surface area contributed by atoms with Gasteiger partial charge in [0.1, 0.15) is 0 Å². The molecule has 2 heterocycles. The summed E-state index contributed by atoms with van der Waals surface area (Å²) >= 11 is 0. The van der Waals surface area contributed by atoms with Gasteiger partial charge in [0.05, 0.1) is 27.5 Å². The Kier molecular flexibility index (Phi) is 18.6. The Balaban J connectivity index is 0.482. The molecule has 0 N–H and O–H groups in total. The monoisotopic (exact) mass is 1750 g/mol. The number of benzene rings is 22. The molecule has 27 rings (SSSR count). The molecule has 0 atom stereocenters. The van der Waals surface area contributed by atoms with Crippen LogP contribution in [0.15, 0.2) is 510 Å². The molecular weight excluding hydrogens is 1670 g/mol. The average molecular weight is 1760 g/mol. The molecule has 0 bridgehead atoms. The molecule has 3 aliphatic carbocycles. The summed E-state index contributed by atoms with van der Waals surface area (Å²) in [6.45, 7) is 4.82. The van der Waals surface area contributed by atoms with Crippen LogP contribution in [0.3, 0.4) is 0 Å². The third-order valence-electron chi connectivity index (χ3n) is 30.0. The van der Waals surface area contributed by atoms with Crippen molar-refractivity contribution in [2.24, 2.45) is 0 Å². The third-order valence-corrected chi connectivity index (χ3v) is 30.0. The van der Waals surface area contributed by atoms with Gasteiger partial charge < -0.3 is 18.9 Å². The fraction of sp³-hybridized carbons (Fsp3) is 0.0299. The lowest BCUT2D eigenvalue weighted by Crippen LogP contribution is -2.26. The predicted octanol–water partition coefficient (Wildman–Crippen LogP) is 36.0. The van der Waals surface area contributed by atoms with E-state index in [4.69, 9.17) is 0 Å². The summed E-state index contributed by atoms with van der Waals surface area (Å²) in [4.78, 5) is 4.88. The third kappa shape index (κ3) is 12.8. The zero-order valence-electron chi connectivity index (χ0n) is 76.3. The summed E-state index contributed by atoms with van der Waals surface area (Å²) in [5, 5.41) is 7.38. The second kappa shape index (κ2) is 32.0. The summed E-state index contributed by atoms with van der Waals surface area (Å²) < 4.78 is 4.80. The summed E-state index contributed by atoms with van der Waals surface area (Å²) in [6.07, 6.45) is 0. The first kappa shape index (κ1) is 80.0. The fourth-order valence-electron chi connectivity index (χ4n) is 23.4. The molecule has 0 fully saturated rings. The van der Waals surface area contributed by atoms with Crippen LogP contribution in [0.2, 0.25) is 0 Å². The molecule has 4 heteroatoms. The molecule has 0 saturated carbocycles. The number of para-hydroxylation sites is 3. The maximum atomic E-state index is 2.51. The first-order chi connectivity index (χ1) is 68.2. The Morgan fingerprint density at radius 1 is 0.152 bits per heavy atom. The number of hydrogen-bond donors (Lipinski definition) is 0. The Hall–Kier alpha value is -17.7. The maximum absolute atomic E-state index is 2.51. The Labute approximate surface area is 803 Å². The van der Waals surface area contributed by atoms with Crippen LogP contribution in [0, 0.1) is 0 Å². The van der Waals surface area contributed by atoms with E-state index in [9.17, 15) is 0 Å². The van der Waals surface area contributed by atoms with Crippen molar-refractivity contribution in [3.63, 3.8) is 0 Å². The van der Waals surface area contributed by atoms with E-state index in [1.54, 1.807) is 0 Å². The van der Waals surface area contributed by atoms with Crippen LogP contribution in [0.5, 0.6) is 0 Å². The van der Waals surface area contributed by atoms with Gasteiger partial charge in [-0.25, -0.2) is 0 Å². The minimum atomic E-state index is -0.510. The number of aromatic nitrogens is 2. The fourth-order valence-corrected chi connectivity index (χ4v) is 23.4. The first-order valence-electron chi connectivity index (χ1n) is 48.0. The molecule has 0 radical (unpaired) electrons. The summed E-state index contributed by atoms with van der Waals surface area (Å²) in [5.41, 5.74) is 47.4. The van der Waals surface area contributed by atoms with E-state index >= 15 is 0 Å². The topological polar surface area (TPSA) is 16.3 Å². The Morgan fingerprint density at radius 2 is 0.420 bits per heavy atom. The van der Waals surface area contributed by atoms with Gasteiger partial charge in [-0.15, -0.1) is 0 Å². The van der Waals surface area contributed by atoms with E-state index in [0.29, 0.717) is 0 Å². The first-order valence-corrected chi connectivity index (χ1v) is 48.0. The molecular formula is C134H90N4. The zero-order valence-corrected chi connectivity index (χ0v) is 76.3. The molecule has 138 heavy (non-hydrogen) atoms. The molecule has 0 saturated heterocycles. The average Bonchev–Trinajstić information content (AvgIpc) is 1.51. The summed E-state index contributed by atoms with van der Waals surface area (Å²) in [6, 6.07) is 190. The van der Waals surface area contributed by atoms with E-state index in [2.05, 4.69) is 542 Å². The van der Waals surface area contributed by atoms with Crippen LogP contribution in [-0.2, 0) is 10.8 Å². The molecule has 0 amide bonds. The van der Waals surface area contributed by atoms with Crippen LogP contribution < -0.4 is 9.80 Å². The van der Waals surface area contributed by atoms with E-state index in [0.717, 1.165) is 67.8 Å². The van der Waals surface area contributed by atoms with Crippen LogP contribution in [-0.4, -0.2) is 9.13 Å². The van der Waals surface area contributed by atoms with Gasteiger partial charge in [0, 0.05) is 72.5 Å². The van der Waals surface area contributed by atoms with Crippen molar-refractivity contribution in [1.82, 2.24) is 9.13 Å². The van der Waals surface area contributed by atoms with Gasteiger partial charge in [0.15, 0.2) is 0 Å². The van der Waals surface area contributed by atoms with Crippen LogP contribution in [0.4, 0.5) is 34.1 Å². The van der Waals surface area contributed by atoms with Crippen molar-refractivity contribution in [3.05, 3.63) is 543 Å². The Bertz CT molecular complexity index is 8890. The molecule has 2 aromatic heterocycles. The van der Waals surface area contributed by atoms with Crippen LogP contribution >= 0.6 is 0 Å². The van der Waals surface area contributed by atoms with Crippen molar-refractivity contribution in [2.45, 2.75) is 24.7 Å². The lowest BCUT2D eigenvalue weighted by atomic mass is 9.70. The van der Waals surface area contributed by atoms with E-state index in [1.807, 2.05) is 0 Å². The minimum Gasteiger partial charge on any atom is -0.310 e. The molecule has 4 nitrogen and oxygen atoms in total. The van der Waals surface area contributed by atoms with Gasteiger partial charge in [0.2, 0.25) is 0 Å². The van der Waals surface area contributed by atoms with Gasteiger partial charge in [0.25, 0.3) is 0 Å². The number of rotatable bonds is 16. The Morgan fingerprint density at radius 3 is 0.855 bits per heavy atom. The molecule has 22 aromatic carbocycles. The van der Waals surface area contributed by atoms with E-state index in [-0.39, 0.29) is 5.41 Å². The highest BCUT2D eigenvalue weighted by Crippen LogP contribution is 2.64. The SMILES string of the molecule is CC1(C)c2cc(-c3cccc4c(-c5ccc(N(c6ccc(-c7ccc(-c8ccc9c(c8)c8ccccc8n9-c8ccc(-c9ccccc9)cc8)cc7)cc6)c6ccc7c(c6)C6(c8ccccc8-c8ccccc86)c6ccccc6-7)cc5)cccc34)ccc2-c2ccc(N(c3ccccc3)c3ccc(-c4ccc(-c5ccc6c(c5)c5ccccc5n6-c5ccc(-c6ccccc6)cc5)cc4)cc3)cc21. The van der Waals surface area contributed by atoms with Crippen molar-refractivity contribution < 1.29 is 0 Å². The van der Waals surface area contributed by atoms with Crippen molar-refractivity contribution in [2.75, 3.05) is 9.80 Å². The van der Waals surface area contributed by atoms with Crippen LogP contribution in [0.25, 0.3) is 188 Å². The highest BCUT2D eigenvalue weighted by molar-refractivity contribution is 6.13. The number of nitrogens with zero attached hydrogens (tertiary/aromatic N) is 4. The predicted molar refractivity (Wildman–Crippen MR) is 579 cm³/mol. The van der Waals surface area contributed by atoms with E-state index < -0.39 is 5.41 Å². The van der Waals surface area contributed by atoms with Gasteiger partial charge in [-0.3, -0.25) is 0 Å². The summed E-state index contributed by atoms with van der Waals surface area (Å²) in [7, 11) is 0. The van der Waals surface area contributed by atoms with Gasteiger partial charge >= 0.3 is 0 Å². The van der Waals surface area contributed by atoms with Crippen molar-refractivity contribution in [1.29, 1.82) is 0 Å². The number of hydrogen-bond acceptors (Lipinski definition) is 2. The minimum absolute atomic E-state index is 0.308. The molecule has 3 aliphatic rings. The highest BCUT2D eigenvalue weighted by Gasteiger charge is 2.52. The van der Waals surface area contributed by atoms with E-state index in [1.165, 1.54) is 188 Å². The van der Waals surface area contributed by atoms with Gasteiger partial charge in [-0.05, 0) is 306 Å². The molecule has 24 aromatic rings. The second-order valence-corrected chi connectivity index (χ2v) is 37.7. The lowest BCUT2D eigenvalue weighted by molar-refractivity contribution is 0.660. The number of anilines is 6. The normalized spacial score (nSPS) is 12.8. The zero-order chi connectivity index (χ0) is 91.3. The molecule has 0 aliphatic heterocycles. The quantitative estimate of drug-likeness (QED) is 0.0959. The second-order valence-electron chi connectivity index (χ2n) is 37.7.